The van der Waals surface area contributed by atoms with Gasteiger partial charge in [0.2, 0.25) is 11.8 Å². The van der Waals surface area contributed by atoms with Gasteiger partial charge in [0.15, 0.2) is 0 Å². The van der Waals surface area contributed by atoms with Crippen LogP contribution in [0.4, 0.5) is 0 Å². The average molecular weight is 387 g/mol. The van der Waals surface area contributed by atoms with Gasteiger partial charge in [-0.2, -0.15) is 0 Å². The number of carbonyl (C=O) groups is 2. The van der Waals surface area contributed by atoms with Crippen molar-refractivity contribution in [1.82, 2.24) is 10.2 Å². The van der Waals surface area contributed by atoms with Crippen molar-refractivity contribution in [2.75, 3.05) is 13.6 Å². The summed E-state index contributed by atoms with van der Waals surface area (Å²) in [6, 6.07) is 0.335. The van der Waals surface area contributed by atoms with Crippen LogP contribution in [0.5, 0.6) is 0 Å². The SMILES string of the molecule is CC(C)CNC(=O)[C@H]1CC[C@H]2[C@@H]3CC[C@H]4N(C)C(=O)C=C[C@]4(C)[C@H]3CC[C@]12C. The van der Waals surface area contributed by atoms with E-state index in [-0.39, 0.29) is 22.7 Å². The summed E-state index contributed by atoms with van der Waals surface area (Å²) in [5.41, 5.74) is 0.233. The number of amides is 2. The van der Waals surface area contributed by atoms with Gasteiger partial charge in [-0.25, -0.2) is 0 Å². The first kappa shape index (κ1) is 20.0. The second kappa shape index (κ2) is 6.88. The van der Waals surface area contributed by atoms with Gasteiger partial charge in [-0.05, 0) is 73.7 Å². The molecule has 4 aliphatic rings. The molecule has 0 aromatic carbocycles. The Morgan fingerprint density at radius 3 is 2.64 bits per heavy atom. The van der Waals surface area contributed by atoms with Crippen molar-refractivity contribution in [1.29, 1.82) is 0 Å². The molecule has 0 saturated heterocycles. The van der Waals surface area contributed by atoms with Crippen LogP contribution >= 0.6 is 0 Å². The molecule has 1 aliphatic heterocycles. The molecule has 4 heteroatoms. The van der Waals surface area contributed by atoms with Crippen LogP contribution in [0.3, 0.4) is 0 Å². The molecule has 1 N–H and O–H groups in total. The fraction of sp³-hybridized carbons (Fsp3) is 0.833. The van der Waals surface area contributed by atoms with Gasteiger partial charge in [-0.15, -0.1) is 0 Å². The minimum absolute atomic E-state index is 0.0882. The zero-order valence-electron chi connectivity index (χ0n) is 18.3. The van der Waals surface area contributed by atoms with E-state index >= 15 is 0 Å². The Kier molecular flexibility index (Phi) is 4.91. The fourth-order valence-electron chi connectivity index (χ4n) is 7.60. The lowest BCUT2D eigenvalue weighted by atomic mass is 9.47. The topological polar surface area (TPSA) is 49.4 Å². The van der Waals surface area contributed by atoms with E-state index in [9.17, 15) is 9.59 Å². The van der Waals surface area contributed by atoms with E-state index in [1.54, 1.807) is 0 Å². The summed E-state index contributed by atoms with van der Waals surface area (Å²) in [7, 11) is 1.98. The standard InChI is InChI=1S/C24H38N2O2/c1-15(2)14-25-22(28)19-8-7-17-16-6-9-20-24(4,13-11-21(27)26(20)5)18(16)10-12-23(17,19)3/h11,13,15-20H,6-10,12,14H2,1-5H3,(H,25,28)/t16-,17-,18-,19+,20+,23-,24+/m0/s1. The highest BCUT2D eigenvalue weighted by Gasteiger charge is 2.61. The van der Waals surface area contributed by atoms with Crippen LogP contribution in [-0.2, 0) is 9.59 Å². The molecule has 7 atom stereocenters. The first-order valence-corrected chi connectivity index (χ1v) is 11.4. The van der Waals surface area contributed by atoms with Crippen LogP contribution < -0.4 is 5.32 Å². The van der Waals surface area contributed by atoms with E-state index in [1.807, 2.05) is 18.0 Å². The molecule has 3 saturated carbocycles. The summed E-state index contributed by atoms with van der Waals surface area (Å²) in [4.78, 5) is 27.2. The lowest BCUT2D eigenvalue weighted by Gasteiger charge is -2.60. The van der Waals surface area contributed by atoms with Crippen LogP contribution in [0.2, 0.25) is 0 Å². The average Bonchev–Trinajstić information content (AvgIpc) is 3.00. The second-order valence-electron chi connectivity index (χ2n) is 10.9. The van der Waals surface area contributed by atoms with Crippen LogP contribution in [0.25, 0.3) is 0 Å². The Bertz CT molecular complexity index is 686. The van der Waals surface area contributed by atoms with Gasteiger partial charge in [0, 0.05) is 31.0 Å². The molecule has 0 aromatic rings. The number of nitrogens with zero attached hydrogens (tertiary/aromatic N) is 1. The first-order valence-electron chi connectivity index (χ1n) is 11.4. The molecule has 1 heterocycles. The molecule has 0 aromatic heterocycles. The molecule has 3 aliphatic carbocycles. The Labute approximate surface area is 170 Å². The van der Waals surface area contributed by atoms with Crippen LogP contribution in [0.1, 0.15) is 66.2 Å². The zero-order chi connectivity index (χ0) is 20.3. The molecular formula is C24H38N2O2. The maximum atomic E-state index is 13.0. The van der Waals surface area contributed by atoms with Crippen LogP contribution in [0, 0.1) is 40.4 Å². The number of rotatable bonds is 3. The molecule has 4 nitrogen and oxygen atoms in total. The number of hydrogen-bond acceptors (Lipinski definition) is 2. The number of likely N-dealkylation sites (N-methyl/N-ethyl adjacent to an activating group) is 1. The summed E-state index contributed by atoms with van der Waals surface area (Å²) < 4.78 is 0. The first-order chi connectivity index (χ1) is 13.2. The van der Waals surface area contributed by atoms with Gasteiger partial charge < -0.3 is 10.2 Å². The second-order valence-corrected chi connectivity index (χ2v) is 10.9. The Hall–Kier alpha value is -1.32. The number of fused-ring (bicyclic) bond motifs is 5. The van der Waals surface area contributed by atoms with Crippen molar-refractivity contribution in [3.8, 4) is 0 Å². The van der Waals surface area contributed by atoms with Gasteiger partial charge >= 0.3 is 0 Å². The van der Waals surface area contributed by atoms with Crippen molar-refractivity contribution in [3.63, 3.8) is 0 Å². The van der Waals surface area contributed by atoms with Gasteiger partial charge in [0.1, 0.15) is 0 Å². The summed E-state index contributed by atoms with van der Waals surface area (Å²) in [5.74, 6) is 3.09. The molecule has 2 amide bonds. The molecule has 4 rings (SSSR count). The predicted octanol–water partition coefficient (Wildman–Crippen LogP) is 4.01. The van der Waals surface area contributed by atoms with Crippen molar-refractivity contribution >= 4 is 11.8 Å². The van der Waals surface area contributed by atoms with E-state index < -0.39 is 0 Å². The van der Waals surface area contributed by atoms with E-state index in [1.165, 1.54) is 19.3 Å². The maximum Gasteiger partial charge on any atom is 0.246 e. The zero-order valence-corrected chi connectivity index (χ0v) is 18.3. The van der Waals surface area contributed by atoms with E-state index in [2.05, 4.69) is 39.1 Å². The van der Waals surface area contributed by atoms with Crippen molar-refractivity contribution in [2.45, 2.75) is 72.3 Å². The summed E-state index contributed by atoms with van der Waals surface area (Å²) in [6.07, 6.45) is 10.9. The fourth-order valence-corrected chi connectivity index (χ4v) is 7.60. The third kappa shape index (κ3) is 2.85. The van der Waals surface area contributed by atoms with Crippen molar-refractivity contribution in [2.24, 2.45) is 40.4 Å². The Morgan fingerprint density at radius 1 is 1.18 bits per heavy atom. The maximum absolute atomic E-state index is 13.0. The third-order valence-corrected chi connectivity index (χ3v) is 9.13. The summed E-state index contributed by atoms with van der Waals surface area (Å²) in [6.45, 7) is 9.89. The predicted molar refractivity (Wildman–Crippen MR) is 111 cm³/mol. The van der Waals surface area contributed by atoms with E-state index in [0.717, 1.165) is 25.8 Å². The van der Waals surface area contributed by atoms with Crippen molar-refractivity contribution < 1.29 is 9.59 Å². The minimum atomic E-state index is 0.0882. The van der Waals surface area contributed by atoms with Gasteiger partial charge in [-0.1, -0.05) is 33.8 Å². The lowest BCUT2D eigenvalue weighted by Crippen LogP contribution is -2.59. The highest BCUT2D eigenvalue weighted by molar-refractivity contribution is 5.89. The Morgan fingerprint density at radius 2 is 1.93 bits per heavy atom. The van der Waals surface area contributed by atoms with Crippen LogP contribution in [-0.4, -0.2) is 36.3 Å². The van der Waals surface area contributed by atoms with Gasteiger partial charge in [0.05, 0.1) is 0 Å². The molecule has 3 fully saturated rings. The Balaban J connectivity index is 1.56. The molecule has 28 heavy (non-hydrogen) atoms. The summed E-state index contributed by atoms with van der Waals surface area (Å²) in [5, 5.41) is 3.22. The summed E-state index contributed by atoms with van der Waals surface area (Å²) >= 11 is 0. The highest BCUT2D eigenvalue weighted by Crippen LogP contribution is 2.65. The highest BCUT2D eigenvalue weighted by atomic mass is 16.2. The molecule has 0 radical (unpaired) electrons. The molecular weight excluding hydrogens is 348 g/mol. The normalized spacial score (nSPS) is 44.9. The molecule has 156 valence electrons. The smallest absolute Gasteiger partial charge is 0.246 e. The third-order valence-electron chi connectivity index (χ3n) is 9.13. The quantitative estimate of drug-likeness (QED) is 0.796. The lowest BCUT2D eigenvalue weighted by molar-refractivity contribution is -0.142. The number of carbonyl (C=O) groups excluding carboxylic acids is 2. The molecule has 0 unspecified atom stereocenters. The number of nitrogens with one attached hydrogen (secondary N) is 1. The largest absolute Gasteiger partial charge is 0.356 e. The van der Waals surface area contributed by atoms with Crippen LogP contribution in [0.15, 0.2) is 12.2 Å². The van der Waals surface area contributed by atoms with Crippen molar-refractivity contribution in [3.05, 3.63) is 12.2 Å². The van der Waals surface area contributed by atoms with E-state index in [0.29, 0.717) is 35.6 Å². The van der Waals surface area contributed by atoms with Gasteiger partial charge in [0.25, 0.3) is 0 Å². The monoisotopic (exact) mass is 386 g/mol. The van der Waals surface area contributed by atoms with Gasteiger partial charge in [-0.3, -0.25) is 9.59 Å². The van der Waals surface area contributed by atoms with E-state index in [4.69, 9.17) is 0 Å². The minimum Gasteiger partial charge on any atom is -0.356 e. The molecule has 0 bridgehead atoms. The number of hydrogen-bond donors (Lipinski definition) is 1. The molecule has 0 spiro atoms.